The summed E-state index contributed by atoms with van der Waals surface area (Å²) in [7, 11) is 0. The lowest BCUT2D eigenvalue weighted by atomic mass is 9.96. The number of benzene rings is 1. The number of rotatable bonds is 8. The van der Waals surface area contributed by atoms with Gasteiger partial charge in [-0.1, -0.05) is 19.3 Å². The van der Waals surface area contributed by atoms with Crippen LogP contribution >= 0.6 is 0 Å². The molecule has 9 nitrogen and oxygen atoms in total. The fourth-order valence-corrected chi connectivity index (χ4v) is 3.71. The molecule has 0 aromatic heterocycles. The molecule has 0 bridgehead atoms. The Bertz CT molecular complexity index is 775. The summed E-state index contributed by atoms with van der Waals surface area (Å²) < 4.78 is 0. The normalized spacial score (nSPS) is 16.0. The van der Waals surface area contributed by atoms with Gasteiger partial charge >= 0.3 is 6.03 Å². The Labute approximate surface area is 183 Å². The van der Waals surface area contributed by atoms with Gasteiger partial charge in [-0.25, -0.2) is 4.79 Å². The van der Waals surface area contributed by atoms with E-state index >= 15 is 0 Å². The molecule has 170 valence electrons. The first kappa shape index (κ1) is 24.3. The van der Waals surface area contributed by atoms with Crippen molar-refractivity contribution in [2.24, 2.45) is 0 Å². The minimum atomic E-state index is -0.560. The summed E-state index contributed by atoms with van der Waals surface area (Å²) in [5.41, 5.74) is 1.24. The number of anilines is 2. The zero-order valence-corrected chi connectivity index (χ0v) is 18.5. The summed E-state index contributed by atoms with van der Waals surface area (Å²) in [5.74, 6) is -0.813. The highest BCUT2D eigenvalue weighted by Crippen LogP contribution is 2.17. The third kappa shape index (κ3) is 8.37. The molecule has 1 unspecified atom stereocenters. The summed E-state index contributed by atoms with van der Waals surface area (Å²) in [4.78, 5) is 48.9. The molecular weight excluding hydrogens is 398 g/mol. The molecule has 1 aliphatic carbocycles. The van der Waals surface area contributed by atoms with Crippen LogP contribution in [0.1, 0.15) is 52.9 Å². The number of likely N-dealkylation sites (N-methyl/N-ethyl adjacent to an activating group) is 1. The predicted molar refractivity (Wildman–Crippen MR) is 119 cm³/mol. The third-order valence-electron chi connectivity index (χ3n) is 5.51. The first-order chi connectivity index (χ1) is 14.8. The van der Waals surface area contributed by atoms with Gasteiger partial charge in [-0.15, -0.1) is 0 Å². The molecule has 0 aliphatic heterocycles. The summed E-state index contributed by atoms with van der Waals surface area (Å²) >= 11 is 0. The lowest BCUT2D eigenvalue weighted by molar-refractivity contribution is -0.904. The first-order valence-corrected chi connectivity index (χ1v) is 10.9. The Balaban J connectivity index is 1.82. The average Bonchev–Trinajstić information content (AvgIpc) is 2.73. The van der Waals surface area contributed by atoms with Crippen molar-refractivity contribution in [2.75, 3.05) is 23.7 Å². The fraction of sp³-hybridized carbons (Fsp3) is 0.545. The molecule has 1 saturated carbocycles. The molecule has 5 N–H and O–H groups in total. The van der Waals surface area contributed by atoms with E-state index < -0.39 is 18.0 Å². The summed E-state index contributed by atoms with van der Waals surface area (Å²) in [5, 5.41) is 10.7. The maximum atomic E-state index is 12.5. The van der Waals surface area contributed by atoms with Crippen LogP contribution < -0.4 is 26.2 Å². The average molecular weight is 433 g/mol. The van der Waals surface area contributed by atoms with Crippen LogP contribution in [-0.2, 0) is 14.4 Å². The number of nitrogens with one attached hydrogen (secondary N) is 5. The molecule has 1 fully saturated rings. The number of carbonyl (C=O) groups is 4. The number of hydrogen-bond donors (Lipinski definition) is 5. The lowest BCUT2D eigenvalue weighted by Gasteiger charge is -2.25. The van der Waals surface area contributed by atoms with Gasteiger partial charge in [0.2, 0.25) is 5.91 Å². The van der Waals surface area contributed by atoms with Gasteiger partial charge < -0.3 is 20.9 Å². The van der Waals surface area contributed by atoms with Gasteiger partial charge in [-0.05, 0) is 51.0 Å². The Morgan fingerprint density at radius 1 is 1.00 bits per heavy atom. The summed E-state index contributed by atoms with van der Waals surface area (Å²) in [6.07, 6.45) is 5.25. The van der Waals surface area contributed by atoms with Crippen molar-refractivity contribution in [3.63, 3.8) is 0 Å². The van der Waals surface area contributed by atoms with Gasteiger partial charge in [0, 0.05) is 24.3 Å². The van der Waals surface area contributed by atoms with Crippen LogP contribution in [-0.4, -0.2) is 48.9 Å². The largest absolute Gasteiger partial charge is 0.335 e. The van der Waals surface area contributed by atoms with Gasteiger partial charge in [0.15, 0.2) is 12.6 Å². The van der Waals surface area contributed by atoms with E-state index in [1.807, 2.05) is 6.92 Å². The van der Waals surface area contributed by atoms with Crippen molar-refractivity contribution in [3.05, 3.63) is 24.3 Å². The second-order valence-electron chi connectivity index (χ2n) is 8.01. The Morgan fingerprint density at radius 3 is 2.13 bits per heavy atom. The first-order valence-electron chi connectivity index (χ1n) is 10.9. The number of imide groups is 1. The number of urea groups is 1. The zero-order valence-electron chi connectivity index (χ0n) is 18.5. The second kappa shape index (κ2) is 12.0. The third-order valence-corrected chi connectivity index (χ3v) is 5.51. The van der Waals surface area contributed by atoms with Crippen LogP contribution in [0.5, 0.6) is 0 Å². The topological polar surface area (TPSA) is 121 Å². The molecule has 0 radical (unpaired) electrons. The minimum Gasteiger partial charge on any atom is -0.335 e. The molecule has 2 atom stereocenters. The standard InChI is InChI=1S/C22H33N5O4/c1-4-27(14-20(29)24-19-12-10-18(11-13-19)23-16(3)28)15(2)21(30)26-22(31)25-17-8-6-5-7-9-17/h10-13,15,17H,4-9,14H2,1-3H3,(H,23,28)(H,24,29)(H2,25,26,30,31)/p+1/t15-/m1/s1. The molecule has 0 heterocycles. The molecule has 1 aromatic rings. The van der Waals surface area contributed by atoms with E-state index in [0.29, 0.717) is 17.9 Å². The van der Waals surface area contributed by atoms with Crippen LogP contribution in [0.2, 0.25) is 0 Å². The molecule has 31 heavy (non-hydrogen) atoms. The Morgan fingerprint density at radius 2 is 1.58 bits per heavy atom. The van der Waals surface area contributed by atoms with Crippen molar-refractivity contribution in [1.29, 1.82) is 0 Å². The van der Waals surface area contributed by atoms with E-state index in [4.69, 9.17) is 0 Å². The van der Waals surface area contributed by atoms with Gasteiger partial charge in [0.1, 0.15) is 0 Å². The number of quaternary nitrogens is 1. The molecule has 9 heteroatoms. The highest BCUT2D eigenvalue weighted by atomic mass is 16.2. The van der Waals surface area contributed by atoms with Gasteiger partial charge in [-0.2, -0.15) is 0 Å². The molecule has 2 rings (SSSR count). The maximum absolute atomic E-state index is 12.5. The molecule has 5 amide bonds. The second-order valence-corrected chi connectivity index (χ2v) is 8.01. The van der Waals surface area contributed by atoms with E-state index in [1.54, 1.807) is 31.2 Å². The molecule has 1 aromatic carbocycles. The maximum Gasteiger partial charge on any atom is 0.321 e. The van der Waals surface area contributed by atoms with E-state index in [-0.39, 0.29) is 24.4 Å². The van der Waals surface area contributed by atoms with Crippen molar-refractivity contribution < 1.29 is 24.1 Å². The van der Waals surface area contributed by atoms with Crippen LogP contribution in [0.3, 0.4) is 0 Å². The number of hydrogen-bond acceptors (Lipinski definition) is 4. The molecular formula is C22H34N5O4+. The highest BCUT2D eigenvalue weighted by Gasteiger charge is 2.28. The van der Waals surface area contributed by atoms with E-state index in [9.17, 15) is 19.2 Å². The Kier molecular flexibility index (Phi) is 9.45. The van der Waals surface area contributed by atoms with Crippen molar-refractivity contribution in [2.45, 2.75) is 65.0 Å². The van der Waals surface area contributed by atoms with E-state index in [2.05, 4.69) is 21.3 Å². The van der Waals surface area contributed by atoms with Gasteiger partial charge in [0.25, 0.3) is 11.8 Å². The SMILES string of the molecule is CC[NH+](CC(=O)Nc1ccc(NC(C)=O)cc1)[C@H](C)C(=O)NC(=O)NC1CCCCC1. The van der Waals surface area contributed by atoms with Crippen molar-refractivity contribution in [1.82, 2.24) is 10.6 Å². The van der Waals surface area contributed by atoms with Crippen LogP contribution in [0.4, 0.5) is 16.2 Å². The van der Waals surface area contributed by atoms with Gasteiger partial charge in [0.05, 0.1) is 6.54 Å². The zero-order chi connectivity index (χ0) is 22.8. The molecule has 1 aliphatic rings. The smallest absolute Gasteiger partial charge is 0.321 e. The minimum absolute atomic E-state index is 0.0861. The quantitative estimate of drug-likeness (QED) is 0.421. The predicted octanol–water partition coefficient (Wildman–Crippen LogP) is 1.04. The van der Waals surface area contributed by atoms with Crippen molar-refractivity contribution >= 4 is 35.1 Å². The van der Waals surface area contributed by atoms with Crippen molar-refractivity contribution in [3.8, 4) is 0 Å². The van der Waals surface area contributed by atoms with Crippen LogP contribution in [0.15, 0.2) is 24.3 Å². The van der Waals surface area contributed by atoms with Gasteiger partial charge in [-0.3, -0.25) is 19.7 Å². The van der Waals surface area contributed by atoms with E-state index in [1.165, 1.54) is 13.3 Å². The lowest BCUT2D eigenvalue weighted by Crippen LogP contribution is -3.17. The highest BCUT2D eigenvalue weighted by molar-refractivity contribution is 5.96. The summed E-state index contributed by atoms with van der Waals surface area (Å²) in [6.45, 7) is 5.65. The van der Waals surface area contributed by atoms with Crippen LogP contribution in [0, 0.1) is 0 Å². The molecule has 0 saturated heterocycles. The number of amides is 5. The fourth-order valence-electron chi connectivity index (χ4n) is 3.71. The summed E-state index contributed by atoms with van der Waals surface area (Å²) in [6, 6.07) is 5.87. The van der Waals surface area contributed by atoms with Crippen LogP contribution in [0.25, 0.3) is 0 Å². The number of carbonyl (C=O) groups excluding carboxylic acids is 4. The monoisotopic (exact) mass is 432 g/mol. The molecule has 0 spiro atoms. The van der Waals surface area contributed by atoms with E-state index in [0.717, 1.165) is 30.6 Å². The Hall–Kier alpha value is -2.94.